The van der Waals surface area contributed by atoms with Gasteiger partial charge in [0.25, 0.3) is 0 Å². The van der Waals surface area contributed by atoms with Crippen LogP contribution in [-0.2, 0) is 0 Å². The van der Waals surface area contributed by atoms with Gasteiger partial charge in [-0.05, 0) is 44.0 Å². The third kappa shape index (κ3) is 5.16. The first-order valence-corrected chi connectivity index (χ1v) is 8.27. The van der Waals surface area contributed by atoms with Crippen molar-refractivity contribution in [3.63, 3.8) is 0 Å². The van der Waals surface area contributed by atoms with Gasteiger partial charge in [0.2, 0.25) is 0 Å². The third-order valence-electron chi connectivity index (χ3n) is 4.05. The Bertz CT molecular complexity index is 370. The Balaban J connectivity index is 1.77. The zero-order chi connectivity index (χ0) is 14.2. The predicted molar refractivity (Wildman–Crippen MR) is 85.3 cm³/mol. The first kappa shape index (κ1) is 15.4. The molecule has 1 N–H and O–H groups in total. The maximum Gasteiger partial charge on any atom is 0.119 e. The van der Waals surface area contributed by atoms with Gasteiger partial charge in [-0.3, -0.25) is 0 Å². The Morgan fingerprint density at radius 3 is 2.40 bits per heavy atom. The standard InChI is InChI=1S/C18H29NO/c1-3-4-5-6-7-8-18(19-2)15-9-11-16(12-10-15)20-17-13-14-17/h9-12,17-19H,3-8,13-14H2,1-2H3. The molecule has 0 aromatic heterocycles. The lowest BCUT2D eigenvalue weighted by atomic mass is 10.00. The molecule has 1 aliphatic rings. The molecule has 0 spiro atoms. The van der Waals surface area contributed by atoms with E-state index in [4.69, 9.17) is 4.74 Å². The van der Waals surface area contributed by atoms with Gasteiger partial charge in [-0.2, -0.15) is 0 Å². The molecule has 0 amide bonds. The molecule has 1 unspecified atom stereocenters. The molecular weight excluding hydrogens is 246 g/mol. The Morgan fingerprint density at radius 1 is 1.10 bits per heavy atom. The number of nitrogens with one attached hydrogen (secondary N) is 1. The van der Waals surface area contributed by atoms with E-state index >= 15 is 0 Å². The van der Waals surface area contributed by atoms with Gasteiger partial charge in [-0.1, -0.05) is 51.2 Å². The molecule has 1 atom stereocenters. The highest BCUT2D eigenvalue weighted by Crippen LogP contribution is 2.28. The van der Waals surface area contributed by atoms with Crippen molar-refractivity contribution in [2.24, 2.45) is 0 Å². The molecule has 112 valence electrons. The first-order chi connectivity index (χ1) is 9.83. The molecule has 0 aliphatic heterocycles. The zero-order valence-electron chi connectivity index (χ0n) is 13.0. The van der Waals surface area contributed by atoms with Crippen LogP contribution in [0.25, 0.3) is 0 Å². The molecule has 0 heterocycles. The highest BCUT2D eigenvalue weighted by Gasteiger charge is 2.23. The minimum Gasteiger partial charge on any atom is -0.490 e. The Morgan fingerprint density at radius 2 is 1.80 bits per heavy atom. The molecular formula is C18H29NO. The van der Waals surface area contributed by atoms with Crippen molar-refractivity contribution in [3.8, 4) is 5.75 Å². The number of rotatable bonds is 10. The summed E-state index contributed by atoms with van der Waals surface area (Å²) in [5, 5.41) is 3.44. The molecule has 1 fully saturated rings. The molecule has 1 aromatic rings. The minimum absolute atomic E-state index is 0.478. The number of benzene rings is 1. The second kappa shape index (κ2) is 8.31. The summed E-state index contributed by atoms with van der Waals surface area (Å²) in [6.07, 6.45) is 10.9. The van der Waals surface area contributed by atoms with Crippen molar-refractivity contribution in [2.45, 2.75) is 70.4 Å². The maximum atomic E-state index is 5.80. The molecule has 1 saturated carbocycles. The largest absolute Gasteiger partial charge is 0.490 e. The predicted octanol–water partition coefficient (Wildman–Crippen LogP) is 4.85. The van der Waals surface area contributed by atoms with Crippen molar-refractivity contribution in [2.75, 3.05) is 7.05 Å². The van der Waals surface area contributed by atoms with Crippen LogP contribution in [0.15, 0.2) is 24.3 Å². The molecule has 2 rings (SSSR count). The fourth-order valence-electron chi connectivity index (χ4n) is 2.59. The van der Waals surface area contributed by atoms with Crippen LogP contribution in [0.2, 0.25) is 0 Å². The van der Waals surface area contributed by atoms with E-state index in [0.29, 0.717) is 12.1 Å². The second-order valence-electron chi connectivity index (χ2n) is 5.93. The van der Waals surface area contributed by atoms with Crippen LogP contribution in [0.1, 0.15) is 69.9 Å². The van der Waals surface area contributed by atoms with E-state index in [0.717, 1.165) is 5.75 Å². The van der Waals surface area contributed by atoms with E-state index in [-0.39, 0.29) is 0 Å². The van der Waals surface area contributed by atoms with Gasteiger partial charge in [-0.25, -0.2) is 0 Å². The molecule has 1 aromatic carbocycles. The number of hydrogen-bond donors (Lipinski definition) is 1. The molecule has 1 aliphatic carbocycles. The van der Waals surface area contributed by atoms with Crippen molar-refractivity contribution in [1.29, 1.82) is 0 Å². The molecule has 0 radical (unpaired) electrons. The fourth-order valence-corrected chi connectivity index (χ4v) is 2.59. The number of unbranched alkanes of at least 4 members (excludes halogenated alkanes) is 4. The van der Waals surface area contributed by atoms with Crippen molar-refractivity contribution in [3.05, 3.63) is 29.8 Å². The average Bonchev–Trinajstić information content (AvgIpc) is 3.28. The van der Waals surface area contributed by atoms with E-state index < -0.39 is 0 Å². The molecule has 2 nitrogen and oxygen atoms in total. The Hall–Kier alpha value is -1.02. The molecule has 2 heteroatoms. The smallest absolute Gasteiger partial charge is 0.119 e. The molecule has 0 bridgehead atoms. The monoisotopic (exact) mass is 275 g/mol. The van der Waals surface area contributed by atoms with Gasteiger partial charge in [0, 0.05) is 6.04 Å². The van der Waals surface area contributed by atoms with Crippen LogP contribution in [0, 0.1) is 0 Å². The second-order valence-corrected chi connectivity index (χ2v) is 5.93. The van der Waals surface area contributed by atoms with Crippen LogP contribution < -0.4 is 10.1 Å². The SMILES string of the molecule is CCCCCCCC(NC)c1ccc(OC2CC2)cc1. The lowest BCUT2D eigenvalue weighted by Gasteiger charge is -2.17. The quantitative estimate of drug-likeness (QED) is 0.616. The van der Waals surface area contributed by atoms with E-state index in [9.17, 15) is 0 Å². The summed E-state index contributed by atoms with van der Waals surface area (Å²) < 4.78 is 5.80. The van der Waals surface area contributed by atoms with Crippen molar-refractivity contribution < 1.29 is 4.74 Å². The zero-order valence-corrected chi connectivity index (χ0v) is 13.0. The van der Waals surface area contributed by atoms with Crippen LogP contribution in [-0.4, -0.2) is 13.2 Å². The average molecular weight is 275 g/mol. The Kier molecular flexibility index (Phi) is 6.38. The first-order valence-electron chi connectivity index (χ1n) is 8.27. The van der Waals surface area contributed by atoms with Gasteiger partial charge in [0.05, 0.1) is 6.10 Å². The van der Waals surface area contributed by atoms with Gasteiger partial charge in [0.1, 0.15) is 5.75 Å². The summed E-state index contributed by atoms with van der Waals surface area (Å²) in [6, 6.07) is 9.14. The number of hydrogen-bond acceptors (Lipinski definition) is 2. The topological polar surface area (TPSA) is 21.3 Å². The maximum absolute atomic E-state index is 5.80. The third-order valence-corrected chi connectivity index (χ3v) is 4.05. The van der Waals surface area contributed by atoms with Crippen molar-refractivity contribution >= 4 is 0 Å². The van der Waals surface area contributed by atoms with Crippen molar-refractivity contribution in [1.82, 2.24) is 5.32 Å². The fraction of sp³-hybridized carbons (Fsp3) is 0.667. The van der Waals surface area contributed by atoms with Crippen LogP contribution >= 0.6 is 0 Å². The lowest BCUT2D eigenvalue weighted by Crippen LogP contribution is -2.16. The summed E-state index contributed by atoms with van der Waals surface area (Å²) in [4.78, 5) is 0. The highest BCUT2D eigenvalue weighted by atomic mass is 16.5. The Labute approximate surface area is 123 Å². The normalized spacial score (nSPS) is 16.1. The van der Waals surface area contributed by atoms with E-state index in [2.05, 4.69) is 43.6 Å². The van der Waals surface area contributed by atoms with E-state index in [1.54, 1.807) is 0 Å². The van der Waals surface area contributed by atoms with Crippen LogP contribution in [0.4, 0.5) is 0 Å². The summed E-state index contributed by atoms with van der Waals surface area (Å²) >= 11 is 0. The summed E-state index contributed by atoms with van der Waals surface area (Å²) in [5.74, 6) is 1.02. The highest BCUT2D eigenvalue weighted by molar-refractivity contribution is 5.29. The molecule has 0 saturated heterocycles. The minimum atomic E-state index is 0.478. The summed E-state index contributed by atoms with van der Waals surface area (Å²) in [5.41, 5.74) is 1.38. The van der Waals surface area contributed by atoms with E-state index in [1.807, 2.05) is 0 Å². The van der Waals surface area contributed by atoms with Gasteiger partial charge in [-0.15, -0.1) is 0 Å². The lowest BCUT2D eigenvalue weighted by molar-refractivity contribution is 0.303. The van der Waals surface area contributed by atoms with E-state index in [1.165, 1.54) is 56.9 Å². The summed E-state index contributed by atoms with van der Waals surface area (Å²) in [7, 11) is 2.06. The van der Waals surface area contributed by atoms with Crippen LogP contribution in [0.3, 0.4) is 0 Å². The van der Waals surface area contributed by atoms with Gasteiger partial charge < -0.3 is 10.1 Å². The number of ether oxygens (including phenoxy) is 1. The molecule has 20 heavy (non-hydrogen) atoms. The van der Waals surface area contributed by atoms with Gasteiger partial charge in [0.15, 0.2) is 0 Å². The van der Waals surface area contributed by atoms with Gasteiger partial charge >= 0.3 is 0 Å². The van der Waals surface area contributed by atoms with Crippen LogP contribution in [0.5, 0.6) is 5.75 Å². The summed E-state index contributed by atoms with van der Waals surface area (Å²) in [6.45, 7) is 2.27.